The zero-order valence-electron chi connectivity index (χ0n) is 11.3. The van der Waals surface area contributed by atoms with Crippen LogP contribution in [0.1, 0.15) is 32.6 Å². The molecule has 6 heteroatoms. The van der Waals surface area contributed by atoms with Gasteiger partial charge in [-0.05, 0) is 32.6 Å². The number of ether oxygens (including phenoxy) is 1. The lowest BCUT2D eigenvalue weighted by molar-refractivity contribution is -0.142. The fraction of sp³-hybridized carbons (Fsp3) is 0.846. The molecule has 1 aliphatic carbocycles. The molecule has 108 valence electrons. The van der Waals surface area contributed by atoms with Crippen LogP contribution in [-0.2, 0) is 9.53 Å². The average Bonchev–Trinajstić information content (AvgIpc) is 2.39. The Labute approximate surface area is 113 Å². The maximum atomic E-state index is 12.1. The third-order valence-corrected chi connectivity index (χ3v) is 4.03. The molecule has 1 unspecified atom stereocenters. The number of carboxylic acids is 1. The molecule has 1 saturated carbocycles. The van der Waals surface area contributed by atoms with Gasteiger partial charge in [0.2, 0.25) is 0 Å². The number of aliphatic carboxylic acids is 1. The number of hydrogen-bond acceptors (Lipinski definition) is 3. The van der Waals surface area contributed by atoms with Crippen molar-refractivity contribution < 1.29 is 19.4 Å². The van der Waals surface area contributed by atoms with Crippen molar-refractivity contribution in [2.24, 2.45) is 5.92 Å². The summed E-state index contributed by atoms with van der Waals surface area (Å²) in [6, 6.07) is 0.164. The number of nitrogens with zero attached hydrogens (tertiary/aromatic N) is 1. The van der Waals surface area contributed by atoms with Gasteiger partial charge in [0.1, 0.15) is 0 Å². The third-order valence-electron chi connectivity index (χ3n) is 4.03. The molecule has 1 aliphatic heterocycles. The van der Waals surface area contributed by atoms with E-state index in [9.17, 15) is 9.59 Å². The fourth-order valence-electron chi connectivity index (χ4n) is 2.77. The van der Waals surface area contributed by atoms with Gasteiger partial charge in [0.15, 0.2) is 0 Å². The van der Waals surface area contributed by atoms with Crippen molar-refractivity contribution in [3.8, 4) is 0 Å². The lowest BCUT2D eigenvalue weighted by Crippen LogP contribution is -2.53. The van der Waals surface area contributed by atoms with Gasteiger partial charge in [0, 0.05) is 12.6 Å². The van der Waals surface area contributed by atoms with Crippen molar-refractivity contribution in [1.29, 1.82) is 0 Å². The second-order valence-electron chi connectivity index (χ2n) is 5.45. The van der Waals surface area contributed by atoms with Crippen molar-refractivity contribution in [2.45, 2.75) is 44.7 Å². The first kappa shape index (κ1) is 14.1. The summed E-state index contributed by atoms with van der Waals surface area (Å²) in [5.41, 5.74) is 0. The molecule has 0 aromatic rings. The van der Waals surface area contributed by atoms with Gasteiger partial charge in [-0.25, -0.2) is 4.79 Å². The molecule has 19 heavy (non-hydrogen) atoms. The Bertz CT molecular complexity index is 340. The first-order valence-electron chi connectivity index (χ1n) is 6.95. The van der Waals surface area contributed by atoms with Crippen molar-refractivity contribution >= 4 is 12.0 Å². The molecule has 2 amide bonds. The standard InChI is InChI=1S/C13H22N2O4/c1-9-8-19-7-6-15(9)13(18)14-11-4-2-10(3-5-11)12(16)17/h9-11H,2-8H2,1H3,(H,14,18)(H,16,17). The molecule has 0 aromatic carbocycles. The molecular weight excluding hydrogens is 248 g/mol. The summed E-state index contributed by atoms with van der Waals surface area (Å²) in [6.07, 6.45) is 2.81. The zero-order chi connectivity index (χ0) is 13.8. The Balaban J connectivity index is 1.78. The smallest absolute Gasteiger partial charge is 0.318 e. The van der Waals surface area contributed by atoms with Gasteiger partial charge < -0.3 is 20.1 Å². The van der Waals surface area contributed by atoms with Crippen LogP contribution in [0.15, 0.2) is 0 Å². The number of amides is 2. The summed E-state index contributed by atoms with van der Waals surface area (Å²) in [5, 5.41) is 12.0. The summed E-state index contributed by atoms with van der Waals surface area (Å²) < 4.78 is 5.31. The van der Waals surface area contributed by atoms with Crippen LogP contribution in [0.5, 0.6) is 0 Å². The second kappa shape index (κ2) is 6.23. The van der Waals surface area contributed by atoms with Crippen molar-refractivity contribution in [3.05, 3.63) is 0 Å². The first-order chi connectivity index (χ1) is 9.08. The topological polar surface area (TPSA) is 78.9 Å². The number of hydrogen-bond donors (Lipinski definition) is 2. The molecule has 0 bridgehead atoms. The minimum absolute atomic E-state index is 0.0467. The van der Waals surface area contributed by atoms with Crippen LogP contribution in [0.3, 0.4) is 0 Å². The summed E-state index contributed by atoms with van der Waals surface area (Å²) in [5.74, 6) is -0.956. The van der Waals surface area contributed by atoms with E-state index in [1.807, 2.05) is 6.92 Å². The highest BCUT2D eigenvalue weighted by molar-refractivity contribution is 5.75. The lowest BCUT2D eigenvalue weighted by atomic mass is 9.86. The third kappa shape index (κ3) is 3.59. The van der Waals surface area contributed by atoms with E-state index in [4.69, 9.17) is 9.84 Å². The summed E-state index contributed by atoms with van der Waals surface area (Å²) in [4.78, 5) is 24.8. The second-order valence-corrected chi connectivity index (χ2v) is 5.45. The van der Waals surface area contributed by atoms with Crippen LogP contribution in [0.25, 0.3) is 0 Å². The minimum Gasteiger partial charge on any atom is -0.481 e. The Morgan fingerprint density at radius 1 is 1.26 bits per heavy atom. The predicted octanol–water partition coefficient (Wildman–Crippen LogP) is 1.06. The van der Waals surface area contributed by atoms with E-state index in [2.05, 4.69) is 5.32 Å². The Morgan fingerprint density at radius 2 is 1.95 bits per heavy atom. The molecule has 2 N–H and O–H groups in total. The molecule has 1 saturated heterocycles. The van der Waals surface area contributed by atoms with Gasteiger partial charge in [-0.2, -0.15) is 0 Å². The molecular formula is C13H22N2O4. The van der Waals surface area contributed by atoms with Crippen LogP contribution in [0.2, 0.25) is 0 Å². The first-order valence-corrected chi connectivity index (χ1v) is 6.95. The molecule has 2 fully saturated rings. The Kier molecular flexibility index (Phi) is 4.63. The van der Waals surface area contributed by atoms with Crippen LogP contribution < -0.4 is 5.32 Å². The van der Waals surface area contributed by atoms with Gasteiger partial charge in [-0.15, -0.1) is 0 Å². The normalized spacial score (nSPS) is 31.8. The lowest BCUT2D eigenvalue weighted by Gasteiger charge is -2.35. The summed E-state index contributed by atoms with van der Waals surface area (Å²) in [6.45, 7) is 3.76. The number of morpholine rings is 1. The average molecular weight is 270 g/mol. The van der Waals surface area contributed by atoms with E-state index in [0.717, 1.165) is 12.8 Å². The SMILES string of the molecule is CC1COCCN1C(=O)NC1CCC(C(=O)O)CC1. The largest absolute Gasteiger partial charge is 0.481 e. The van der Waals surface area contributed by atoms with Crippen LogP contribution in [-0.4, -0.2) is 53.8 Å². The van der Waals surface area contributed by atoms with Crippen molar-refractivity contribution in [2.75, 3.05) is 19.8 Å². The van der Waals surface area contributed by atoms with Crippen LogP contribution >= 0.6 is 0 Å². The maximum absolute atomic E-state index is 12.1. The number of nitrogens with one attached hydrogen (secondary N) is 1. The van der Waals surface area contributed by atoms with E-state index in [0.29, 0.717) is 32.6 Å². The highest BCUT2D eigenvalue weighted by atomic mass is 16.5. The molecule has 0 radical (unpaired) electrons. The van der Waals surface area contributed by atoms with Crippen molar-refractivity contribution in [3.63, 3.8) is 0 Å². The van der Waals surface area contributed by atoms with Crippen LogP contribution in [0.4, 0.5) is 4.79 Å². The molecule has 2 rings (SSSR count). The fourth-order valence-corrected chi connectivity index (χ4v) is 2.77. The van der Waals surface area contributed by atoms with Gasteiger partial charge in [-0.3, -0.25) is 4.79 Å². The van der Waals surface area contributed by atoms with Gasteiger partial charge in [0.25, 0.3) is 0 Å². The number of carbonyl (C=O) groups excluding carboxylic acids is 1. The Hall–Kier alpha value is -1.30. The minimum atomic E-state index is -0.716. The number of carbonyl (C=O) groups is 2. The Morgan fingerprint density at radius 3 is 2.53 bits per heavy atom. The molecule has 0 aromatic heterocycles. The predicted molar refractivity (Wildman–Crippen MR) is 68.9 cm³/mol. The van der Waals surface area contributed by atoms with E-state index < -0.39 is 5.97 Å². The van der Waals surface area contributed by atoms with E-state index in [1.165, 1.54) is 0 Å². The van der Waals surface area contributed by atoms with E-state index in [1.54, 1.807) is 4.90 Å². The molecule has 0 spiro atoms. The van der Waals surface area contributed by atoms with Crippen LogP contribution in [0, 0.1) is 5.92 Å². The quantitative estimate of drug-likeness (QED) is 0.786. The molecule has 1 heterocycles. The van der Waals surface area contributed by atoms with Crippen molar-refractivity contribution in [1.82, 2.24) is 10.2 Å². The number of rotatable bonds is 2. The van der Waals surface area contributed by atoms with E-state index >= 15 is 0 Å². The highest BCUT2D eigenvalue weighted by Gasteiger charge is 2.29. The summed E-state index contributed by atoms with van der Waals surface area (Å²) in [7, 11) is 0. The van der Waals surface area contributed by atoms with Gasteiger partial charge in [0.05, 0.1) is 25.2 Å². The number of carboxylic acid groups (broad SMARTS) is 1. The number of urea groups is 1. The molecule has 1 atom stereocenters. The monoisotopic (exact) mass is 270 g/mol. The molecule has 6 nitrogen and oxygen atoms in total. The van der Waals surface area contributed by atoms with Gasteiger partial charge >= 0.3 is 12.0 Å². The zero-order valence-corrected chi connectivity index (χ0v) is 11.3. The summed E-state index contributed by atoms with van der Waals surface area (Å²) >= 11 is 0. The molecule has 2 aliphatic rings. The van der Waals surface area contributed by atoms with Gasteiger partial charge in [-0.1, -0.05) is 0 Å². The van der Waals surface area contributed by atoms with E-state index in [-0.39, 0.29) is 24.0 Å². The maximum Gasteiger partial charge on any atom is 0.318 e. The highest BCUT2D eigenvalue weighted by Crippen LogP contribution is 2.24.